The predicted octanol–water partition coefficient (Wildman–Crippen LogP) is 4.49. The molecule has 4 aliphatic rings. The molecule has 4 fully saturated rings. The molecule has 1 aromatic carbocycles. The molecule has 0 radical (unpaired) electrons. The quantitative estimate of drug-likeness (QED) is 0.721. The van der Waals surface area contributed by atoms with Crippen molar-refractivity contribution in [2.24, 2.45) is 23.2 Å². The van der Waals surface area contributed by atoms with E-state index in [4.69, 9.17) is 0 Å². The van der Waals surface area contributed by atoms with Crippen LogP contribution >= 0.6 is 24.8 Å². The average Bonchev–Trinajstić information content (AvgIpc) is 2.51. The standard InChI is InChI=1S/C20H20O4.2ClH/c21-18(22)16-6-12(7-17(8-16)19(23)24)1-2-20-9-13-3-14(10-20)5-15(4-13)11-20;;/h6-8,13-15H,3-5,9-11H2,(H,21,22)(H,23,24);2*1H. The van der Waals surface area contributed by atoms with Gasteiger partial charge in [-0.1, -0.05) is 11.8 Å². The summed E-state index contributed by atoms with van der Waals surface area (Å²) in [6, 6.07) is 4.13. The summed E-state index contributed by atoms with van der Waals surface area (Å²) in [7, 11) is 0. The fourth-order valence-electron chi connectivity index (χ4n) is 5.42. The molecule has 5 rings (SSSR count). The number of carboxylic acids is 2. The maximum Gasteiger partial charge on any atom is 0.335 e. The molecule has 0 saturated heterocycles. The van der Waals surface area contributed by atoms with Gasteiger partial charge in [0, 0.05) is 11.0 Å². The van der Waals surface area contributed by atoms with E-state index in [2.05, 4.69) is 11.8 Å². The molecule has 4 nitrogen and oxygen atoms in total. The molecule has 1 aromatic rings. The Morgan fingerprint density at radius 2 is 1.27 bits per heavy atom. The summed E-state index contributed by atoms with van der Waals surface area (Å²) in [6.45, 7) is 0. The SMILES string of the molecule is Cl.Cl.O=C(O)c1cc(C#CC23CC4CC(CC(C4)C2)C3)cc(C(=O)O)c1. The molecule has 140 valence electrons. The summed E-state index contributed by atoms with van der Waals surface area (Å²) in [6.07, 6.45) is 7.49. The van der Waals surface area contributed by atoms with Crippen LogP contribution < -0.4 is 0 Å². The van der Waals surface area contributed by atoms with Crippen molar-refractivity contribution < 1.29 is 19.8 Å². The van der Waals surface area contributed by atoms with Crippen molar-refractivity contribution in [2.75, 3.05) is 0 Å². The Hall–Kier alpha value is -1.70. The van der Waals surface area contributed by atoms with Gasteiger partial charge in [0.1, 0.15) is 0 Å². The van der Waals surface area contributed by atoms with Crippen LogP contribution in [0.4, 0.5) is 0 Å². The molecule has 4 bridgehead atoms. The van der Waals surface area contributed by atoms with Gasteiger partial charge in [-0.25, -0.2) is 9.59 Å². The molecular formula is C20H22Cl2O4. The lowest BCUT2D eigenvalue weighted by molar-refractivity contribution is -0.0181. The maximum atomic E-state index is 11.2. The van der Waals surface area contributed by atoms with Gasteiger partial charge < -0.3 is 10.2 Å². The minimum absolute atomic E-state index is 0. The number of carboxylic acid groups (broad SMARTS) is 2. The highest BCUT2D eigenvalue weighted by Gasteiger charge is 2.50. The lowest BCUT2D eigenvalue weighted by Gasteiger charge is -2.54. The van der Waals surface area contributed by atoms with E-state index in [1.165, 1.54) is 37.5 Å². The van der Waals surface area contributed by atoms with E-state index in [-0.39, 0.29) is 41.4 Å². The van der Waals surface area contributed by atoms with Gasteiger partial charge in [0.2, 0.25) is 0 Å². The Morgan fingerprint density at radius 1 is 0.846 bits per heavy atom. The molecule has 0 unspecified atom stereocenters. The number of rotatable bonds is 2. The van der Waals surface area contributed by atoms with E-state index in [0.29, 0.717) is 5.56 Å². The third kappa shape index (κ3) is 3.84. The lowest BCUT2D eigenvalue weighted by Crippen LogP contribution is -2.45. The second-order valence-electron chi connectivity index (χ2n) is 7.86. The number of carbonyl (C=O) groups is 2. The summed E-state index contributed by atoms with van der Waals surface area (Å²) in [5.41, 5.74) is 0.509. The molecule has 0 aliphatic heterocycles. The van der Waals surface area contributed by atoms with E-state index in [1.54, 1.807) is 0 Å². The molecule has 6 heteroatoms. The number of benzene rings is 1. The van der Waals surface area contributed by atoms with E-state index in [0.717, 1.165) is 37.0 Å². The zero-order valence-corrected chi connectivity index (χ0v) is 15.9. The van der Waals surface area contributed by atoms with Crippen molar-refractivity contribution in [3.63, 3.8) is 0 Å². The van der Waals surface area contributed by atoms with Crippen LogP contribution in [0.25, 0.3) is 0 Å². The summed E-state index contributed by atoms with van der Waals surface area (Å²) >= 11 is 0. The first-order valence-corrected chi connectivity index (χ1v) is 8.57. The van der Waals surface area contributed by atoms with Gasteiger partial charge >= 0.3 is 11.9 Å². The van der Waals surface area contributed by atoms with Crippen molar-refractivity contribution in [3.8, 4) is 11.8 Å². The van der Waals surface area contributed by atoms with E-state index in [9.17, 15) is 19.8 Å². The monoisotopic (exact) mass is 396 g/mol. The van der Waals surface area contributed by atoms with Gasteiger partial charge in [-0.05, 0) is 74.5 Å². The topological polar surface area (TPSA) is 74.6 Å². The normalized spacial score (nSPS) is 30.4. The van der Waals surface area contributed by atoms with Crippen LogP contribution in [0.5, 0.6) is 0 Å². The Morgan fingerprint density at radius 3 is 1.65 bits per heavy atom. The van der Waals surface area contributed by atoms with Gasteiger partial charge in [-0.3, -0.25) is 0 Å². The predicted molar refractivity (Wildman–Crippen MR) is 102 cm³/mol. The van der Waals surface area contributed by atoms with Crippen molar-refractivity contribution in [1.29, 1.82) is 0 Å². The summed E-state index contributed by atoms with van der Waals surface area (Å²) < 4.78 is 0. The molecule has 0 atom stereocenters. The van der Waals surface area contributed by atoms with Crippen LogP contribution in [0.3, 0.4) is 0 Å². The zero-order valence-electron chi connectivity index (χ0n) is 14.2. The largest absolute Gasteiger partial charge is 0.478 e. The molecule has 2 N–H and O–H groups in total. The van der Waals surface area contributed by atoms with Crippen LogP contribution in [-0.4, -0.2) is 22.2 Å². The van der Waals surface area contributed by atoms with Gasteiger partial charge in [-0.15, -0.1) is 24.8 Å². The molecule has 0 spiro atoms. The lowest BCUT2D eigenvalue weighted by atomic mass is 9.50. The van der Waals surface area contributed by atoms with Gasteiger partial charge in [0.05, 0.1) is 11.1 Å². The third-order valence-corrected chi connectivity index (χ3v) is 5.94. The van der Waals surface area contributed by atoms with Gasteiger partial charge in [0.25, 0.3) is 0 Å². The van der Waals surface area contributed by atoms with E-state index >= 15 is 0 Å². The van der Waals surface area contributed by atoms with Crippen LogP contribution in [0.2, 0.25) is 0 Å². The van der Waals surface area contributed by atoms with Gasteiger partial charge in [-0.2, -0.15) is 0 Å². The average molecular weight is 397 g/mol. The maximum absolute atomic E-state index is 11.2. The highest BCUT2D eigenvalue weighted by atomic mass is 35.5. The van der Waals surface area contributed by atoms with Crippen molar-refractivity contribution >= 4 is 36.8 Å². The van der Waals surface area contributed by atoms with Crippen molar-refractivity contribution in [3.05, 3.63) is 34.9 Å². The van der Waals surface area contributed by atoms with Crippen LogP contribution in [0, 0.1) is 35.0 Å². The summed E-state index contributed by atoms with van der Waals surface area (Å²) in [4.78, 5) is 22.4. The van der Waals surface area contributed by atoms with Crippen LogP contribution in [0.1, 0.15) is 64.8 Å². The van der Waals surface area contributed by atoms with Crippen LogP contribution in [-0.2, 0) is 0 Å². The second kappa shape index (κ2) is 7.50. The first-order chi connectivity index (χ1) is 11.4. The highest BCUT2D eigenvalue weighted by molar-refractivity contribution is 5.94. The molecule has 26 heavy (non-hydrogen) atoms. The number of halogens is 2. The first kappa shape index (κ1) is 20.6. The second-order valence-corrected chi connectivity index (χ2v) is 7.86. The van der Waals surface area contributed by atoms with Crippen molar-refractivity contribution in [1.82, 2.24) is 0 Å². The Balaban J connectivity index is 0.00000121. The highest BCUT2D eigenvalue weighted by Crippen LogP contribution is 2.59. The van der Waals surface area contributed by atoms with E-state index in [1.807, 2.05) is 0 Å². The number of hydrogen-bond acceptors (Lipinski definition) is 2. The fraction of sp³-hybridized carbons (Fsp3) is 0.500. The van der Waals surface area contributed by atoms with Gasteiger partial charge in [0.15, 0.2) is 0 Å². The minimum Gasteiger partial charge on any atom is -0.478 e. The minimum atomic E-state index is -1.13. The number of aromatic carboxylic acids is 2. The van der Waals surface area contributed by atoms with Crippen molar-refractivity contribution in [2.45, 2.75) is 38.5 Å². The molecule has 0 aromatic heterocycles. The third-order valence-electron chi connectivity index (χ3n) is 5.94. The molecular weight excluding hydrogens is 375 g/mol. The first-order valence-electron chi connectivity index (χ1n) is 8.57. The summed E-state index contributed by atoms with van der Waals surface area (Å²) in [5, 5.41) is 18.3. The molecule has 4 saturated carbocycles. The van der Waals surface area contributed by atoms with Crippen LogP contribution in [0.15, 0.2) is 18.2 Å². The Kier molecular flexibility index (Phi) is 5.95. The molecule has 0 amide bonds. The molecule has 0 heterocycles. The zero-order chi connectivity index (χ0) is 16.9. The van der Waals surface area contributed by atoms with E-state index < -0.39 is 11.9 Å². The molecule has 4 aliphatic carbocycles. The Labute approximate surface area is 165 Å². The summed E-state index contributed by atoms with van der Waals surface area (Å²) in [5.74, 6) is 6.69. The Bertz CT molecular complexity index is 723. The smallest absolute Gasteiger partial charge is 0.335 e. The fourth-order valence-corrected chi connectivity index (χ4v) is 5.42. The number of hydrogen-bond donors (Lipinski definition) is 2.